The van der Waals surface area contributed by atoms with Crippen molar-refractivity contribution in [3.8, 4) is 11.4 Å². The van der Waals surface area contributed by atoms with E-state index < -0.39 is 0 Å². The molecule has 0 amide bonds. The van der Waals surface area contributed by atoms with Gasteiger partial charge in [-0.3, -0.25) is 0 Å². The van der Waals surface area contributed by atoms with Gasteiger partial charge in [-0.05, 0) is 0 Å². The number of halogens is 1. The molecule has 0 unspecified atom stereocenters. The van der Waals surface area contributed by atoms with Crippen molar-refractivity contribution in [2.24, 2.45) is 0 Å². The fourth-order valence-electron chi connectivity index (χ4n) is 2.73. The van der Waals surface area contributed by atoms with Crippen LogP contribution < -0.4 is 10.6 Å². The zero-order valence-electron chi connectivity index (χ0n) is 12.2. The molecule has 2 N–H and O–H groups in total. The molecule has 116 valence electrons. The predicted octanol–water partition coefficient (Wildman–Crippen LogP) is 1.99. The average Bonchev–Trinajstić information content (AvgIpc) is 3.01. The summed E-state index contributed by atoms with van der Waals surface area (Å²) in [5, 5.41) is 9.02. The second-order valence-electron chi connectivity index (χ2n) is 5.28. The quantitative estimate of drug-likeness (QED) is 0.774. The first kappa shape index (κ1) is 14.0. The maximum absolute atomic E-state index is 6.22. The minimum absolute atomic E-state index is 0.286. The smallest absolute Gasteiger partial charge is 0.164 e. The topological polar surface area (TPSA) is 85.8 Å². The third kappa shape index (κ3) is 2.39. The van der Waals surface area contributed by atoms with E-state index in [0.717, 1.165) is 30.3 Å². The van der Waals surface area contributed by atoms with Crippen LogP contribution in [-0.4, -0.2) is 31.3 Å². The van der Waals surface area contributed by atoms with E-state index in [4.69, 9.17) is 17.3 Å². The summed E-state index contributed by atoms with van der Waals surface area (Å²) in [6.07, 6.45) is 1.42. The van der Waals surface area contributed by atoms with E-state index in [-0.39, 0.29) is 5.82 Å². The minimum Gasteiger partial charge on any atom is -0.382 e. The zero-order valence-corrected chi connectivity index (χ0v) is 13.0. The number of hydrogen-bond acceptors (Lipinski definition) is 6. The molecule has 4 rings (SSSR count). The Labute approximate surface area is 137 Å². The van der Waals surface area contributed by atoms with Gasteiger partial charge in [-0.25, -0.2) is 9.97 Å². The molecule has 0 saturated carbocycles. The van der Waals surface area contributed by atoms with Gasteiger partial charge in [0.25, 0.3) is 0 Å². The summed E-state index contributed by atoms with van der Waals surface area (Å²) in [6.45, 7) is 2.09. The lowest BCUT2D eigenvalue weighted by Crippen LogP contribution is -2.35. The van der Waals surface area contributed by atoms with Crippen LogP contribution in [0, 0.1) is 0 Å². The first-order valence-electron chi connectivity index (χ1n) is 7.22. The lowest BCUT2D eigenvalue weighted by Gasteiger charge is -2.29. The predicted molar refractivity (Wildman–Crippen MR) is 88.0 cm³/mol. The van der Waals surface area contributed by atoms with Crippen LogP contribution >= 0.6 is 11.6 Å². The number of anilines is 2. The van der Waals surface area contributed by atoms with Gasteiger partial charge in [0.15, 0.2) is 17.5 Å². The van der Waals surface area contributed by atoms with Crippen molar-refractivity contribution in [2.45, 2.75) is 13.1 Å². The molecule has 3 heterocycles. The van der Waals surface area contributed by atoms with Crippen LogP contribution in [0.2, 0.25) is 5.02 Å². The fraction of sp³-hybridized carbons (Fsp3) is 0.200. The highest BCUT2D eigenvalue weighted by Gasteiger charge is 2.24. The molecular formula is C15H14ClN7. The highest BCUT2D eigenvalue weighted by atomic mass is 35.5. The normalized spacial score (nSPS) is 13.9. The summed E-state index contributed by atoms with van der Waals surface area (Å²) in [7, 11) is 0. The lowest BCUT2D eigenvalue weighted by molar-refractivity contribution is 0.559. The van der Waals surface area contributed by atoms with Gasteiger partial charge >= 0.3 is 0 Å². The molecule has 0 radical (unpaired) electrons. The summed E-state index contributed by atoms with van der Waals surface area (Å²) < 4.78 is 2.13. The molecule has 1 aromatic carbocycles. The molecule has 0 aliphatic carbocycles. The molecular weight excluding hydrogens is 314 g/mol. The molecule has 7 nitrogen and oxygen atoms in total. The van der Waals surface area contributed by atoms with Crippen molar-refractivity contribution < 1.29 is 0 Å². The highest BCUT2D eigenvalue weighted by Crippen LogP contribution is 2.30. The van der Waals surface area contributed by atoms with Crippen LogP contribution in [0.15, 0.2) is 36.7 Å². The van der Waals surface area contributed by atoms with Gasteiger partial charge in [-0.15, -0.1) is 10.2 Å². The molecule has 2 aromatic heterocycles. The fourth-order valence-corrected chi connectivity index (χ4v) is 2.95. The Hall–Kier alpha value is -2.67. The molecule has 0 atom stereocenters. The third-order valence-corrected chi connectivity index (χ3v) is 4.25. The molecule has 0 saturated heterocycles. The van der Waals surface area contributed by atoms with Crippen LogP contribution in [0.4, 0.5) is 11.6 Å². The van der Waals surface area contributed by atoms with E-state index in [1.807, 2.05) is 35.2 Å². The molecule has 0 fully saturated rings. The monoisotopic (exact) mass is 327 g/mol. The number of aromatic nitrogens is 5. The zero-order chi connectivity index (χ0) is 15.8. The Morgan fingerprint density at radius 2 is 1.87 bits per heavy atom. The van der Waals surface area contributed by atoms with Crippen molar-refractivity contribution in [3.63, 3.8) is 0 Å². The van der Waals surface area contributed by atoms with Crippen LogP contribution in [0.25, 0.3) is 11.4 Å². The molecule has 1 aliphatic rings. The van der Waals surface area contributed by atoms with Crippen molar-refractivity contribution in [3.05, 3.63) is 47.5 Å². The number of hydrogen-bond donors (Lipinski definition) is 1. The summed E-state index contributed by atoms with van der Waals surface area (Å²) in [4.78, 5) is 10.2. The van der Waals surface area contributed by atoms with Crippen LogP contribution in [-0.2, 0) is 13.1 Å². The molecule has 8 heteroatoms. The minimum atomic E-state index is 0.286. The number of fused-ring (bicyclic) bond motifs is 1. The summed E-state index contributed by atoms with van der Waals surface area (Å²) in [5.74, 6) is 2.68. The van der Waals surface area contributed by atoms with Gasteiger partial charge in [-0.1, -0.05) is 41.9 Å². The molecule has 3 aromatic rings. The van der Waals surface area contributed by atoms with E-state index >= 15 is 0 Å². The van der Waals surface area contributed by atoms with Crippen LogP contribution in [0.1, 0.15) is 5.82 Å². The second kappa shape index (κ2) is 5.51. The van der Waals surface area contributed by atoms with Crippen molar-refractivity contribution in [2.75, 3.05) is 17.2 Å². The number of rotatable bonds is 2. The van der Waals surface area contributed by atoms with Crippen molar-refractivity contribution in [1.29, 1.82) is 0 Å². The third-order valence-electron chi connectivity index (χ3n) is 3.88. The summed E-state index contributed by atoms with van der Waals surface area (Å²) in [6, 6.07) is 10.0. The van der Waals surface area contributed by atoms with Gasteiger partial charge in [0, 0.05) is 18.7 Å². The van der Waals surface area contributed by atoms with Crippen molar-refractivity contribution in [1.82, 2.24) is 24.7 Å². The van der Waals surface area contributed by atoms with Crippen molar-refractivity contribution >= 4 is 23.2 Å². The maximum Gasteiger partial charge on any atom is 0.164 e. The van der Waals surface area contributed by atoms with Gasteiger partial charge < -0.3 is 15.2 Å². The van der Waals surface area contributed by atoms with E-state index in [2.05, 4.69) is 24.7 Å². The van der Waals surface area contributed by atoms with E-state index in [9.17, 15) is 0 Å². The number of nitrogens with two attached hydrogens (primary N) is 1. The molecule has 0 bridgehead atoms. The number of nitrogen functional groups attached to an aromatic ring is 1. The van der Waals surface area contributed by atoms with Gasteiger partial charge in [0.05, 0.1) is 6.54 Å². The van der Waals surface area contributed by atoms with Crippen LogP contribution in [0.3, 0.4) is 0 Å². The summed E-state index contributed by atoms with van der Waals surface area (Å²) in [5.41, 5.74) is 6.82. The average molecular weight is 328 g/mol. The Morgan fingerprint density at radius 3 is 2.70 bits per heavy atom. The second-order valence-corrected chi connectivity index (χ2v) is 5.65. The Balaban J connectivity index is 1.67. The van der Waals surface area contributed by atoms with Gasteiger partial charge in [0.2, 0.25) is 0 Å². The first-order valence-corrected chi connectivity index (χ1v) is 7.60. The van der Waals surface area contributed by atoms with Gasteiger partial charge in [0.1, 0.15) is 17.2 Å². The van der Waals surface area contributed by atoms with E-state index in [0.29, 0.717) is 17.4 Å². The molecule has 0 spiro atoms. The maximum atomic E-state index is 6.22. The number of benzene rings is 1. The lowest BCUT2D eigenvalue weighted by atomic mass is 10.2. The largest absolute Gasteiger partial charge is 0.382 e. The molecule has 23 heavy (non-hydrogen) atoms. The Morgan fingerprint density at radius 1 is 1.04 bits per heavy atom. The Kier molecular flexibility index (Phi) is 3.34. The van der Waals surface area contributed by atoms with Crippen LogP contribution in [0.5, 0.6) is 0 Å². The van der Waals surface area contributed by atoms with E-state index in [1.54, 1.807) is 0 Å². The SMILES string of the molecule is Nc1ncnc(N2CCn3c(nnc3-c3ccccc3)C2)c1Cl. The van der Waals surface area contributed by atoms with Gasteiger partial charge in [-0.2, -0.15) is 0 Å². The number of nitrogens with zero attached hydrogens (tertiary/aromatic N) is 6. The first-order chi connectivity index (χ1) is 11.2. The molecule has 1 aliphatic heterocycles. The Bertz CT molecular complexity index is 846. The highest BCUT2D eigenvalue weighted by molar-refractivity contribution is 6.35. The summed E-state index contributed by atoms with van der Waals surface area (Å²) >= 11 is 6.22. The van der Waals surface area contributed by atoms with E-state index in [1.165, 1.54) is 6.33 Å². The standard InChI is InChI=1S/C15H14ClN7/c16-12-13(17)18-9-19-15(12)22-6-7-23-11(8-22)20-21-14(23)10-4-2-1-3-5-10/h1-5,9H,6-8H2,(H2,17,18,19).